The molecule has 7 heteroatoms. The van der Waals surface area contributed by atoms with E-state index in [4.69, 9.17) is 4.74 Å². The maximum Gasteiger partial charge on any atom is 0.458 e. The van der Waals surface area contributed by atoms with Crippen LogP contribution in [0.25, 0.3) is 0 Å². The number of halogens is 5. The van der Waals surface area contributed by atoms with Gasteiger partial charge in [0.15, 0.2) is 0 Å². The third-order valence-corrected chi connectivity index (χ3v) is 3.71. The molecule has 1 N–H and O–H groups in total. The Hall–Kier alpha value is -1.37. The van der Waals surface area contributed by atoms with E-state index in [2.05, 4.69) is 5.32 Å². The standard InChI is InChI=1S/C14H16F5NO/c1-8-7-20-4-3-9-5-12(21-2)11(6-10(8)9)13(15,16)14(17,18)19/h5-6,8,20H,3-4,7H2,1-2H3/t8-/m1/s1. The number of ether oxygens (including phenoxy) is 1. The summed E-state index contributed by atoms with van der Waals surface area (Å²) in [7, 11) is 1.09. The van der Waals surface area contributed by atoms with Gasteiger partial charge in [-0.1, -0.05) is 6.92 Å². The second-order valence-corrected chi connectivity index (χ2v) is 5.18. The normalized spacial score (nSPS) is 19.9. The molecule has 0 spiro atoms. The average molecular weight is 309 g/mol. The molecule has 0 radical (unpaired) electrons. The Labute approximate surface area is 119 Å². The fraction of sp³-hybridized carbons (Fsp3) is 0.571. The van der Waals surface area contributed by atoms with Gasteiger partial charge in [0.25, 0.3) is 0 Å². The predicted molar refractivity (Wildman–Crippen MR) is 67.9 cm³/mol. The van der Waals surface area contributed by atoms with Gasteiger partial charge in [0.2, 0.25) is 0 Å². The third kappa shape index (κ3) is 2.84. The van der Waals surface area contributed by atoms with Gasteiger partial charge in [-0.2, -0.15) is 22.0 Å². The zero-order valence-electron chi connectivity index (χ0n) is 11.7. The summed E-state index contributed by atoms with van der Waals surface area (Å²) in [6, 6.07) is 2.24. The molecule has 21 heavy (non-hydrogen) atoms. The summed E-state index contributed by atoms with van der Waals surface area (Å²) in [4.78, 5) is 0. The highest BCUT2D eigenvalue weighted by molar-refractivity contribution is 5.47. The topological polar surface area (TPSA) is 21.3 Å². The number of nitrogens with one attached hydrogen (secondary N) is 1. The molecule has 0 bridgehead atoms. The molecular weight excluding hydrogens is 293 g/mol. The van der Waals surface area contributed by atoms with Crippen molar-refractivity contribution in [3.05, 3.63) is 28.8 Å². The first kappa shape index (κ1) is 16.0. The van der Waals surface area contributed by atoms with Gasteiger partial charge in [0.1, 0.15) is 5.75 Å². The summed E-state index contributed by atoms with van der Waals surface area (Å²) in [5, 5.41) is 3.12. The van der Waals surface area contributed by atoms with Crippen LogP contribution >= 0.6 is 0 Å². The Morgan fingerprint density at radius 1 is 1.19 bits per heavy atom. The molecule has 1 heterocycles. The first-order valence-electron chi connectivity index (χ1n) is 6.55. The highest BCUT2D eigenvalue weighted by Crippen LogP contribution is 2.48. The van der Waals surface area contributed by atoms with Gasteiger partial charge in [-0.25, -0.2) is 0 Å². The molecule has 0 aliphatic carbocycles. The molecule has 118 valence electrons. The Bertz CT molecular complexity index is 527. The van der Waals surface area contributed by atoms with E-state index in [1.165, 1.54) is 6.07 Å². The van der Waals surface area contributed by atoms with Crippen molar-refractivity contribution in [1.82, 2.24) is 5.32 Å². The van der Waals surface area contributed by atoms with Crippen molar-refractivity contribution in [2.75, 3.05) is 20.2 Å². The highest BCUT2D eigenvalue weighted by atomic mass is 19.4. The number of fused-ring (bicyclic) bond motifs is 1. The van der Waals surface area contributed by atoms with Crippen molar-refractivity contribution in [1.29, 1.82) is 0 Å². The number of hydrogen-bond acceptors (Lipinski definition) is 2. The third-order valence-electron chi connectivity index (χ3n) is 3.71. The van der Waals surface area contributed by atoms with Crippen LogP contribution in [0.3, 0.4) is 0 Å². The number of methoxy groups -OCH3 is 1. The number of alkyl halides is 5. The zero-order valence-corrected chi connectivity index (χ0v) is 11.7. The van der Waals surface area contributed by atoms with Crippen LogP contribution < -0.4 is 10.1 Å². The smallest absolute Gasteiger partial charge is 0.458 e. The minimum absolute atomic E-state index is 0.142. The maximum atomic E-state index is 13.7. The fourth-order valence-electron chi connectivity index (χ4n) is 2.53. The predicted octanol–water partition coefficient (Wildman–Crippen LogP) is 3.60. The van der Waals surface area contributed by atoms with E-state index in [0.29, 0.717) is 25.1 Å². The highest BCUT2D eigenvalue weighted by Gasteiger charge is 2.60. The van der Waals surface area contributed by atoms with Crippen LogP contribution in [0.4, 0.5) is 22.0 Å². The Balaban J connectivity index is 2.61. The van der Waals surface area contributed by atoms with Crippen molar-refractivity contribution >= 4 is 0 Å². The first-order valence-corrected chi connectivity index (χ1v) is 6.55. The van der Waals surface area contributed by atoms with Crippen molar-refractivity contribution in [3.63, 3.8) is 0 Å². The minimum Gasteiger partial charge on any atom is -0.496 e. The molecule has 0 amide bonds. The minimum atomic E-state index is -5.65. The monoisotopic (exact) mass is 309 g/mol. The van der Waals surface area contributed by atoms with E-state index in [9.17, 15) is 22.0 Å². The molecule has 1 aliphatic rings. The second kappa shape index (κ2) is 5.44. The second-order valence-electron chi connectivity index (χ2n) is 5.18. The quantitative estimate of drug-likeness (QED) is 0.843. The number of hydrogen-bond donors (Lipinski definition) is 1. The van der Waals surface area contributed by atoms with Crippen LogP contribution in [0.1, 0.15) is 29.5 Å². The summed E-state index contributed by atoms with van der Waals surface area (Å²) >= 11 is 0. The number of rotatable bonds is 2. The van der Waals surface area contributed by atoms with Crippen LogP contribution in [0.2, 0.25) is 0 Å². The Morgan fingerprint density at radius 3 is 2.43 bits per heavy atom. The molecule has 0 unspecified atom stereocenters. The molecule has 2 rings (SSSR count). The van der Waals surface area contributed by atoms with Gasteiger partial charge in [0.05, 0.1) is 12.7 Å². The summed E-state index contributed by atoms with van der Waals surface area (Å²) in [5.74, 6) is -5.51. The lowest BCUT2D eigenvalue weighted by atomic mass is 9.91. The van der Waals surface area contributed by atoms with Crippen LogP contribution in [0, 0.1) is 0 Å². The average Bonchev–Trinajstić information content (AvgIpc) is 2.58. The van der Waals surface area contributed by atoms with E-state index >= 15 is 0 Å². The molecular formula is C14H16F5NO. The van der Waals surface area contributed by atoms with Crippen LogP contribution in [0.15, 0.2) is 12.1 Å². The van der Waals surface area contributed by atoms with Crippen molar-refractivity contribution < 1.29 is 26.7 Å². The Morgan fingerprint density at radius 2 is 1.86 bits per heavy atom. The van der Waals surface area contributed by atoms with Gasteiger partial charge < -0.3 is 10.1 Å². The van der Waals surface area contributed by atoms with E-state index in [-0.39, 0.29) is 5.92 Å². The summed E-state index contributed by atoms with van der Waals surface area (Å²) < 4.78 is 70.0. The van der Waals surface area contributed by atoms with Gasteiger partial charge in [-0.15, -0.1) is 0 Å². The molecule has 1 atom stereocenters. The molecule has 1 aromatic rings. The lowest BCUT2D eigenvalue weighted by molar-refractivity contribution is -0.289. The van der Waals surface area contributed by atoms with Crippen molar-refractivity contribution in [2.45, 2.75) is 31.4 Å². The van der Waals surface area contributed by atoms with Crippen molar-refractivity contribution in [2.24, 2.45) is 0 Å². The van der Waals surface area contributed by atoms with Crippen LogP contribution in [-0.4, -0.2) is 26.4 Å². The SMILES string of the molecule is COc1cc2c(cc1C(F)(F)C(F)(F)F)[C@H](C)CNCC2. The molecule has 0 fully saturated rings. The van der Waals surface area contributed by atoms with Gasteiger partial charge in [-0.05, 0) is 42.1 Å². The summed E-state index contributed by atoms with van der Waals surface area (Å²) in [6.45, 7) is 2.98. The molecule has 1 aliphatic heterocycles. The van der Waals surface area contributed by atoms with Gasteiger partial charge >= 0.3 is 12.1 Å². The van der Waals surface area contributed by atoms with Crippen LogP contribution in [-0.2, 0) is 12.3 Å². The van der Waals surface area contributed by atoms with Gasteiger partial charge in [-0.3, -0.25) is 0 Å². The summed E-state index contributed by atoms with van der Waals surface area (Å²) in [5.41, 5.74) is 0.135. The lowest BCUT2D eigenvalue weighted by Crippen LogP contribution is -2.34. The van der Waals surface area contributed by atoms with E-state index in [1.807, 2.05) is 0 Å². The lowest BCUT2D eigenvalue weighted by Gasteiger charge is -2.24. The maximum absolute atomic E-state index is 13.7. The van der Waals surface area contributed by atoms with E-state index in [1.54, 1.807) is 6.92 Å². The first-order chi connectivity index (χ1) is 9.68. The largest absolute Gasteiger partial charge is 0.496 e. The molecule has 1 aromatic carbocycles. The summed E-state index contributed by atoms with van der Waals surface area (Å²) in [6.07, 6.45) is -5.09. The van der Waals surface area contributed by atoms with Crippen LogP contribution in [0.5, 0.6) is 5.75 Å². The van der Waals surface area contributed by atoms with E-state index in [0.717, 1.165) is 18.7 Å². The molecule has 0 saturated heterocycles. The fourth-order valence-corrected chi connectivity index (χ4v) is 2.53. The van der Waals surface area contributed by atoms with Gasteiger partial charge in [0, 0.05) is 6.54 Å². The van der Waals surface area contributed by atoms with E-state index < -0.39 is 23.4 Å². The zero-order chi connectivity index (χ0) is 15.8. The van der Waals surface area contributed by atoms with Crippen molar-refractivity contribution in [3.8, 4) is 5.75 Å². The molecule has 0 saturated carbocycles. The molecule has 0 aromatic heterocycles. The Kier molecular flexibility index (Phi) is 4.15. The molecule has 2 nitrogen and oxygen atoms in total. The number of benzene rings is 1.